The zero-order valence-corrected chi connectivity index (χ0v) is 9.63. The summed E-state index contributed by atoms with van der Waals surface area (Å²) in [5, 5.41) is 0.334. The molecule has 1 aromatic carbocycles. The minimum absolute atomic E-state index is 0.211. The summed E-state index contributed by atoms with van der Waals surface area (Å²) in [4.78, 5) is 11.6. The molecule has 1 aliphatic carbocycles. The lowest BCUT2D eigenvalue weighted by Gasteiger charge is -2.14. The molecule has 2 nitrogen and oxygen atoms in total. The van der Waals surface area contributed by atoms with Crippen molar-refractivity contribution in [2.75, 3.05) is 7.11 Å². The minimum Gasteiger partial charge on any atom is -0.469 e. The molecule has 0 bridgehead atoms. The van der Waals surface area contributed by atoms with Crippen LogP contribution in [0.15, 0.2) is 18.2 Å². The normalized spacial score (nSPS) is 16.9. The third kappa shape index (κ3) is 2.19. The number of hydrogen-bond acceptors (Lipinski definition) is 2. The van der Waals surface area contributed by atoms with Crippen LogP contribution in [0.2, 0.25) is 5.02 Å². The molecule has 86 valence electrons. The van der Waals surface area contributed by atoms with Crippen molar-refractivity contribution in [1.29, 1.82) is 0 Å². The number of rotatable bonds is 3. The fourth-order valence-corrected chi connectivity index (χ4v) is 2.04. The fraction of sp³-hybridized carbons (Fsp3) is 0.417. The van der Waals surface area contributed by atoms with E-state index in [0.29, 0.717) is 10.6 Å². The fourth-order valence-electron chi connectivity index (χ4n) is 1.88. The highest BCUT2D eigenvalue weighted by molar-refractivity contribution is 6.30. The summed E-state index contributed by atoms with van der Waals surface area (Å²) >= 11 is 5.67. The minimum atomic E-state index is -0.484. The van der Waals surface area contributed by atoms with Gasteiger partial charge in [0.2, 0.25) is 0 Å². The van der Waals surface area contributed by atoms with Crippen LogP contribution in [-0.2, 0) is 9.53 Å². The first kappa shape index (κ1) is 11.4. The number of benzene rings is 1. The van der Waals surface area contributed by atoms with Crippen molar-refractivity contribution < 1.29 is 13.9 Å². The van der Waals surface area contributed by atoms with Crippen LogP contribution in [0.5, 0.6) is 0 Å². The van der Waals surface area contributed by atoms with Gasteiger partial charge in [0.05, 0.1) is 13.0 Å². The molecule has 0 aliphatic heterocycles. The van der Waals surface area contributed by atoms with E-state index in [4.69, 9.17) is 16.3 Å². The number of esters is 1. The Morgan fingerprint density at radius 1 is 1.56 bits per heavy atom. The predicted octanol–water partition coefficient (Wildman–Crippen LogP) is 3.15. The maximum absolute atomic E-state index is 13.7. The maximum atomic E-state index is 13.7. The van der Waals surface area contributed by atoms with Gasteiger partial charge in [-0.15, -0.1) is 0 Å². The zero-order valence-electron chi connectivity index (χ0n) is 8.87. The van der Waals surface area contributed by atoms with Crippen molar-refractivity contribution in [3.05, 3.63) is 34.6 Å². The summed E-state index contributed by atoms with van der Waals surface area (Å²) in [6, 6.07) is 4.39. The topological polar surface area (TPSA) is 26.3 Å². The molecule has 0 saturated heterocycles. The molecule has 0 amide bonds. The molecule has 0 heterocycles. The van der Waals surface area contributed by atoms with Gasteiger partial charge in [0.1, 0.15) is 5.82 Å². The van der Waals surface area contributed by atoms with Crippen molar-refractivity contribution in [2.24, 2.45) is 5.92 Å². The summed E-state index contributed by atoms with van der Waals surface area (Å²) in [5.74, 6) is -1.08. The SMILES string of the molecule is COC(=O)C(c1ccc(Cl)cc1F)C1CC1. The summed E-state index contributed by atoms with van der Waals surface area (Å²) in [5.41, 5.74) is 0.388. The molecule has 0 radical (unpaired) electrons. The van der Waals surface area contributed by atoms with Crippen LogP contribution in [0, 0.1) is 11.7 Å². The number of hydrogen-bond donors (Lipinski definition) is 0. The quantitative estimate of drug-likeness (QED) is 0.761. The first-order valence-corrected chi connectivity index (χ1v) is 5.54. The summed E-state index contributed by atoms with van der Waals surface area (Å²) in [6.07, 6.45) is 1.89. The molecule has 2 rings (SSSR count). The smallest absolute Gasteiger partial charge is 0.313 e. The summed E-state index contributed by atoms with van der Waals surface area (Å²) in [7, 11) is 1.32. The molecule has 1 aromatic rings. The molecular weight excluding hydrogens is 231 g/mol. The van der Waals surface area contributed by atoms with Crippen molar-refractivity contribution in [3.8, 4) is 0 Å². The molecule has 4 heteroatoms. The highest BCUT2D eigenvalue weighted by Gasteiger charge is 2.39. The van der Waals surface area contributed by atoms with E-state index < -0.39 is 11.7 Å². The molecule has 1 aliphatic rings. The first-order valence-electron chi connectivity index (χ1n) is 5.16. The van der Waals surface area contributed by atoms with Gasteiger partial charge in [0, 0.05) is 10.6 Å². The number of carbonyl (C=O) groups excluding carboxylic acids is 1. The van der Waals surface area contributed by atoms with Gasteiger partial charge in [-0.2, -0.15) is 0 Å². The standard InChI is InChI=1S/C12H12ClFO2/c1-16-12(15)11(7-2-3-7)9-5-4-8(13)6-10(9)14/h4-7,11H,2-3H2,1H3. The lowest BCUT2D eigenvalue weighted by molar-refractivity contribution is -0.143. The Kier molecular flexibility index (Phi) is 3.15. The van der Waals surface area contributed by atoms with Crippen LogP contribution in [0.3, 0.4) is 0 Å². The van der Waals surface area contributed by atoms with Gasteiger partial charge in [-0.25, -0.2) is 4.39 Å². The molecule has 0 N–H and O–H groups in total. The molecule has 1 fully saturated rings. The van der Waals surface area contributed by atoms with Gasteiger partial charge in [0.25, 0.3) is 0 Å². The van der Waals surface area contributed by atoms with Crippen LogP contribution < -0.4 is 0 Å². The van der Waals surface area contributed by atoms with Crippen LogP contribution in [0.25, 0.3) is 0 Å². The average Bonchev–Trinajstić information content (AvgIpc) is 3.05. The van der Waals surface area contributed by atoms with Gasteiger partial charge in [0.15, 0.2) is 0 Å². The van der Waals surface area contributed by atoms with E-state index in [0.717, 1.165) is 12.8 Å². The molecule has 1 saturated carbocycles. The molecular formula is C12H12ClFO2. The van der Waals surface area contributed by atoms with Gasteiger partial charge in [-0.3, -0.25) is 4.79 Å². The van der Waals surface area contributed by atoms with E-state index in [9.17, 15) is 9.18 Å². The number of methoxy groups -OCH3 is 1. The maximum Gasteiger partial charge on any atom is 0.313 e. The predicted molar refractivity (Wildman–Crippen MR) is 58.9 cm³/mol. The largest absolute Gasteiger partial charge is 0.469 e. The Labute approximate surface area is 98.4 Å². The van der Waals surface area contributed by atoms with Crippen LogP contribution in [0.4, 0.5) is 4.39 Å². The van der Waals surface area contributed by atoms with Crippen molar-refractivity contribution in [3.63, 3.8) is 0 Å². The Morgan fingerprint density at radius 3 is 2.75 bits per heavy atom. The third-order valence-electron chi connectivity index (χ3n) is 2.85. The van der Waals surface area contributed by atoms with Gasteiger partial charge in [-0.1, -0.05) is 17.7 Å². The Hall–Kier alpha value is -1.09. The molecule has 1 unspecified atom stereocenters. The molecule has 0 aromatic heterocycles. The Bertz CT molecular complexity index is 415. The summed E-state index contributed by atoms with van der Waals surface area (Å²) in [6.45, 7) is 0. The van der Waals surface area contributed by atoms with Crippen molar-refractivity contribution in [2.45, 2.75) is 18.8 Å². The van der Waals surface area contributed by atoms with Crippen LogP contribution in [0.1, 0.15) is 24.3 Å². The third-order valence-corrected chi connectivity index (χ3v) is 3.08. The van der Waals surface area contributed by atoms with Crippen LogP contribution in [-0.4, -0.2) is 13.1 Å². The number of ether oxygens (including phenoxy) is 1. The first-order chi connectivity index (χ1) is 7.63. The van der Waals surface area contributed by atoms with E-state index in [1.54, 1.807) is 12.1 Å². The van der Waals surface area contributed by atoms with E-state index in [-0.39, 0.29) is 11.9 Å². The number of halogens is 2. The lowest BCUT2D eigenvalue weighted by Crippen LogP contribution is -2.17. The molecule has 1 atom stereocenters. The number of carbonyl (C=O) groups is 1. The second-order valence-corrected chi connectivity index (χ2v) is 4.44. The average molecular weight is 243 g/mol. The van der Waals surface area contributed by atoms with E-state index in [1.165, 1.54) is 13.2 Å². The molecule has 16 heavy (non-hydrogen) atoms. The zero-order chi connectivity index (χ0) is 11.7. The van der Waals surface area contributed by atoms with Crippen molar-refractivity contribution >= 4 is 17.6 Å². The summed E-state index contributed by atoms with van der Waals surface area (Å²) < 4.78 is 18.4. The highest BCUT2D eigenvalue weighted by atomic mass is 35.5. The van der Waals surface area contributed by atoms with Gasteiger partial charge in [-0.05, 0) is 30.9 Å². The second kappa shape index (κ2) is 4.42. The van der Waals surface area contributed by atoms with Crippen LogP contribution >= 0.6 is 11.6 Å². The van der Waals surface area contributed by atoms with Gasteiger partial charge >= 0.3 is 5.97 Å². The van der Waals surface area contributed by atoms with E-state index in [1.807, 2.05) is 0 Å². The highest BCUT2D eigenvalue weighted by Crippen LogP contribution is 2.44. The van der Waals surface area contributed by atoms with E-state index in [2.05, 4.69) is 0 Å². The van der Waals surface area contributed by atoms with E-state index >= 15 is 0 Å². The monoisotopic (exact) mass is 242 g/mol. The lowest BCUT2D eigenvalue weighted by atomic mass is 9.94. The second-order valence-electron chi connectivity index (χ2n) is 4.00. The Morgan fingerprint density at radius 2 is 2.25 bits per heavy atom. The van der Waals surface area contributed by atoms with Gasteiger partial charge < -0.3 is 4.74 Å². The Balaban J connectivity index is 2.34. The molecule has 0 spiro atoms. The van der Waals surface area contributed by atoms with Crippen molar-refractivity contribution in [1.82, 2.24) is 0 Å².